The molecule has 0 aliphatic rings. The molecular weight excluding hydrogens is 308 g/mol. The second kappa shape index (κ2) is 8.85. The first-order valence-electron chi connectivity index (χ1n) is 7.25. The Bertz CT molecular complexity index is 520. The van der Waals surface area contributed by atoms with Crippen molar-refractivity contribution in [3.63, 3.8) is 0 Å². The minimum absolute atomic E-state index is 0.179. The van der Waals surface area contributed by atoms with Gasteiger partial charge in [-0.3, -0.25) is 0 Å². The Kier molecular flexibility index (Phi) is 7.83. The molecule has 21 heavy (non-hydrogen) atoms. The zero-order chi connectivity index (χ0) is 15.9. The number of rotatable bonds is 10. The highest BCUT2D eigenvalue weighted by Crippen LogP contribution is 2.26. The smallest absolute Gasteiger partial charge is 0.242 e. The molecule has 1 unspecified atom stereocenters. The molecule has 0 spiro atoms. The average Bonchev–Trinajstić information content (AvgIpc) is 2.78. The number of hydrogen-bond donors (Lipinski definition) is 2. The van der Waals surface area contributed by atoms with E-state index in [4.69, 9.17) is 4.74 Å². The number of hydrogen-bond acceptors (Lipinski definition) is 5. The third-order valence-electron chi connectivity index (χ3n) is 3.09. The number of aryl methyl sites for hydroxylation is 1. The second-order valence-electron chi connectivity index (χ2n) is 4.98. The maximum Gasteiger partial charge on any atom is 0.242 e. The minimum Gasteiger partial charge on any atom is -0.383 e. The van der Waals surface area contributed by atoms with Crippen LogP contribution >= 0.6 is 11.3 Å². The summed E-state index contributed by atoms with van der Waals surface area (Å²) >= 11 is 1.52. The van der Waals surface area contributed by atoms with E-state index in [1.165, 1.54) is 11.3 Å². The molecule has 2 N–H and O–H groups in total. The first-order chi connectivity index (χ1) is 9.94. The van der Waals surface area contributed by atoms with Gasteiger partial charge in [0.25, 0.3) is 0 Å². The third kappa shape index (κ3) is 5.67. The first kappa shape index (κ1) is 18.6. The van der Waals surface area contributed by atoms with E-state index < -0.39 is 10.0 Å². The highest BCUT2D eigenvalue weighted by Gasteiger charge is 2.23. The van der Waals surface area contributed by atoms with Gasteiger partial charge in [-0.05, 0) is 26.0 Å². The molecule has 1 heterocycles. The Morgan fingerprint density at radius 1 is 1.38 bits per heavy atom. The Morgan fingerprint density at radius 3 is 2.67 bits per heavy atom. The molecule has 0 fully saturated rings. The van der Waals surface area contributed by atoms with Crippen LogP contribution in [0.25, 0.3) is 0 Å². The summed E-state index contributed by atoms with van der Waals surface area (Å²) in [6.45, 7) is 7.86. The van der Waals surface area contributed by atoms with Gasteiger partial charge in [-0.2, -0.15) is 0 Å². The van der Waals surface area contributed by atoms with Gasteiger partial charge >= 0.3 is 0 Å². The summed E-state index contributed by atoms with van der Waals surface area (Å²) in [6.07, 6.45) is 1.67. The van der Waals surface area contributed by atoms with E-state index in [1.54, 1.807) is 13.2 Å². The van der Waals surface area contributed by atoms with E-state index >= 15 is 0 Å². The molecule has 1 atom stereocenters. The maximum absolute atomic E-state index is 12.5. The van der Waals surface area contributed by atoms with Crippen LogP contribution in [-0.4, -0.2) is 34.7 Å². The summed E-state index contributed by atoms with van der Waals surface area (Å²) in [4.78, 5) is 2.24. The van der Waals surface area contributed by atoms with Crippen LogP contribution < -0.4 is 10.0 Å². The van der Waals surface area contributed by atoms with Gasteiger partial charge in [0.15, 0.2) is 0 Å². The fourth-order valence-corrected chi connectivity index (χ4v) is 5.00. The lowest BCUT2D eigenvalue weighted by Gasteiger charge is -2.17. The van der Waals surface area contributed by atoms with Crippen molar-refractivity contribution in [3.05, 3.63) is 15.8 Å². The van der Waals surface area contributed by atoms with Crippen molar-refractivity contribution in [1.29, 1.82) is 0 Å². The van der Waals surface area contributed by atoms with Gasteiger partial charge in [0.05, 0.1) is 11.5 Å². The van der Waals surface area contributed by atoms with Crippen molar-refractivity contribution in [2.75, 3.05) is 20.3 Å². The summed E-state index contributed by atoms with van der Waals surface area (Å²) in [5.74, 6) is 0. The van der Waals surface area contributed by atoms with Gasteiger partial charge < -0.3 is 10.1 Å². The van der Waals surface area contributed by atoms with Crippen LogP contribution in [0.3, 0.4) is 0 Å². The first-order valence-corrected chi connectivity index (χ1v) is 9.55. The summed E-state index contributed by atoms with van der Waals surface area (Å²) in [5, 5.41) is 3.21. The topological polar surface area (TPSA) is 67.4 Å². The molecule has 0 saturated heterocycles. The SMILES string of the molecule is CCCC(COC)NS(=O)(=O)c1cc(CNCC)sc1C. The molecule has 0 aliphatic carbocycles. The molecule has 1 rings (SSSR count). The van der Waals surface area contributed by atoms with E-state index in [2.05, 4.69) is 10.0 Å². The molecule has 0 bridgehead atoms. The van der Waals surface area contributed by atoms with Crippen molar-refractivity contribution in [2.24, 2.45) is 0 Å². The van der Waals surface area contributed by atoms with Gasteiger partial charge in [0, 0.05) is 29.5 Å². The minimum atomic E-state index is -3.49. The van der Waals surface area contributed by atoms with Crippen molar-refractivity contribution >= 4 is 21.4 Å². The largest absolute Gasteiger partial charge is 0.383 e. The van der Waals surface area contributed by atoms with E-state index in [1.807, 2.05) is 20.8 Å². The maximum atomic E-state index is 12.5. The molecule has 0 amide bonds. The van der Waals surface area contributed by atoms with Crippen LogP contribution in [0.4, 0.5) is 0 Å². The van der Waals surface area contributed by atoms with Crippen LogP contribution in [0.5, 0.6) is 0 Å². The number of ether oxygens (including phenoxy) is 1. The number of thiophene rings is 1. The van der Waals surface area contributed by atoms with E-state index in [0.717, 1.165) is 29.1 Å². The Balaban J connectivity index is 2.88. The second-order valence-corrected chi connectivity index (χ2v) is 8.00. The molecule has 1 aromatic heterocycles. The zero-order valence-corrected chi connectivity index (χ0v) is 14.9. The molecular formula is C14H26N2O3S2. The van der Waals surface area contributed by atoms with E-state index in [0.29, 0.717) is 18.0 Å². The quantitative estimate of drug-likeness (QED) is 0.689. The van der Waals surface area contributed by atoms with Gasteiger partial charge in [0.1, 0.15) is 0 Å². The predicted octanol–water partition coefficient (Wildman–Crippen LogP) is 2.26. The third-order valence-corrected chi connectivity index (χ3v) is 5.92. The lowest BCUT2D eigenvalue weighted by molar-refractivity contribution is 0.171. The summed E-state index contributed by atoms with van der Waals surface area (Å²) in [6, 6.07) is 1.59. The van der Waals surface area contributed by atoms with Gasteiger partial charge in [-0.1, -0.05) is 20.3 Å². The number of nitrogens with one attached hydrogen (secondary N) is 2. The average molecular weight is 335 g/mol. The molecule has 0 radical (unpaired) electrons. The number of methoxy groups -OCH3 is 1. The van der Waals surface area contributed by atoms with E-state index in [9.17, 15) is 8.42 Å². The summed E-state index contributed by atoms with van der Waals surface area (Å²) < 4.78 is 32.9. The molecule has 122 valence electrons. The lowest BCUT2D eigenvalue weighted by Crippen LogP contribution is -2.37. The molecule has 7 heteroatoms. The molecule has 0 saturated carbocycles. The van der Waals surface area contributed by atoms with Gasteiger partial charge in [0.2, 0.25) is 10.0 Å². The van der Waals surface area contributed by atoms with Crippen LogP contribution in [0.1, 0.15) is 36.4 Å². The van der Waals surface area contributed by atoms with Crippen LogP contribution in [0.15, 0.2) is 11.0 Å². The van der Waals surface area contributed by atoms with Crippen LogP contribution in [0.2, 0.25) is 0 Å². The Hall–Kier alpha value is -0.470. The van der Waals surface area contributed by atoms with Crippen molar-refractivity contribution in [2.45, 2.75) is 51.1 Å². The monoisotopic (exact) mass is 334 g/mol. The molecule has 1 aromatic rings. The molecule has 5 nitrogen and oxygen atoms in total. The normalized spacial score (nSPS) is 13.5. The molecule has 0 aromatic carbocycles. The van der Waals surface area contributed by atoms with Crippen molar-refractivity contribution < 1.29 is 13.2 Å². The van der Waals surface area contributed by atoms with Gasteiger partial charge in [-0.15, -0.1) is 11.3 Å². The highest BCUT2D eigenvalue weighted by molar-refractivity contribution is 7.89. The number of sulfonamides is 1. The van der Waals surface area contributed by atoms with Crippen molar-refractivity contribution in [1.82, 2.24) is 10.0 Å². The van der Waals surface area contributed by atoms with Crippen LogP contribution in [-0.2, 0) is 21.3 Å². The standard InChI is InChI=1S/C14H26N2O3S2/c1-5-7-12(10-19-4)16-21(17,18)14-8-13(9-15-6-2)20-11(14)3/h8,12,15-16H,5-7,9-10H2,1-4H3. The lowest BCUT2D eigenvalue weighted by atomic mass is 10.2. The van der Waals surface area contributed by atoms with Crippen molar-refractivity contribution in [3.8, 4) is 0 Å². The fourth-order valence-electron chi connectivity index (χ4n) is 2.14. The summed E-state index contributed by atoms with van der Waals surface area (Å²) in [5.41, 5.74) is 0. The van der Waals surface area contributed by atoms with E-state index in [-0.39, 0.29) is 6.04 Å². The van der Waals surface area contributed by atoms with Crippen LogP contribution in [0, 0.1) is 6.92 Å². The predicted molar refractivity (Wildman–Crippen MR) is 87.3 cm³/mol. The fraction of sp³-hybridized carbons (Fsp3) is 0.714. The molecule has 0 aliphatic heterocycles. The Morgan fingerprint density at radius 2 is 2.10 bits per heavy atom. The zero-order valence-electron chi connectivity index (χ0n) is 13.2. The highest BCUT2D eigenvalue weighted by atomic mass is 32.2. The Labute approximate surface area is 132 Å². The summed E-state index contributed by atoms with van der Waals surface area (Å²) in [7, 11) is -1.90. The van der Waals surface area contributed by atoms with Gasteiger partial charge in [-0.25, -0.2) is 13.1 Å².